The highest BCUT2D eigenvalue weighted by molar-refractivity contribution is 5.39. The average molecular weight is 237 g/mol. The maximum absolute atomic E-state index is 8.70. The van der Waals surface area contributed by atoms with Crippen LogP contribution in [0, 0.1) is 6.92 Å². The second-order valence-electron chi connectivity index (χ2n) is 4.37. The van der Waals surface area contributed by atoms with E-state index in [0.717, 1.165) is 37.3 Å². The van der Waals surface area contributed by atoms with Gasteiger partial charge in [-0.05, 0) is 31.4 Å². The van der Waals surface area contributed by atoms with Crippen molar-refractivity contribution in [2.75, 3.05) is 31.2 Å². The monoisotopic (exact) mass is 237 g/mol. The third kappa shape index (κ3) is 3.38. The summed E-state index contributed by atoms with van der Waals surface area (Å²) in [4.78, 5) is 2.23. The minimum atomic E-state index is 0.101. The van der Waals surface area contributed by atoms with Gasteiger partial charge in [-0.25, -0.2) is 0 Å². The molecule has 17 heavy (non-hydrogen) atoms. The van der Waals surface area contributed by atoms with Gasteiger partial charge in [-0.3, -0.25) is 0 Å². The van der Waals surface area contributed by atoms with E-state index in [4.69, 9.17) is 9.84 Å². The smallest absolute Gasteiger partial charge is 0.151 e. The molecule has 0 bridgehead atoms. The lowest BCUT2D eigenvalue weighted by molar-refractivity contribution is 0.0158. The van der Waals surface area contributed by atoms with E-state index in [2.05, 4.69) is 21.2 Å². The molecule has 0 saturated carbocycles. The van der Waals surface area contributed by atoms with Crippen LogP contribution in [-0.4, -0.2) is 47.7 Å². The van der Waals surface area contributed by atoms with Crippen LogP contribution in [0.15, 0.2) is 12.3 Å². The Morgan fingerprint density at radius 2 is 2.24 bits per heavy atom. The Labute approximate surface area is 101 Å². The van der Waals surface area contributed by atoms with Crippen molar-refractivity contribution in [2.24, 2.45) is 0 Å². The van der Waals surface area contributed by atoms with Gasteiger partial charge in [0.1, 0.15) is 0 Å². The highest BCUT2D eigenvalue weighted by Gasteiger charge is 2.20. The van der Waals surface area contributed by atoms with Gasteiger partial charge >= 0.3 is 0 Å². The summed E-state index contributed by atoms with van der Waals surface area (Å²) in [5, 5.41) is 16.8. The zero-order chi connectivity index (χ0) is 12.1. The van der Waals surface area contributed by atoms with Crippen molar-refractivity contribution in [3.8, 4) is 0 Å². The van der Waals surface area contributed by atoms with Crippen LogP contribution in [0.4, 0.5) is 5.82 Å². The summed E-state index contributed by atoms with van der Waals surface area (Å²) in [7, 11) is 0. The maximum atomic E-state index is 8.70. The highest BCUT2D eigenvalue weighted by atomic mass is 16.5. The van der Waals surface area contributed by atoms with Gasteiger partial charge in [0.25, 0.3) is 0 Å². The number of rotatable bonds is 4. The lowest BCUT2D eigenvalue weighted by Crippen LogP contribution is -2.38. The van der Waals surface area contributed by atoms with Crippen molar-refractivity contribution in [3.05, 3.63) is 17.8 Å². The fourth-order valence-electron chi connectivity index (χ4n) is 2.07. The Bertz CT molecular complexity index is 351. The predicted molar refractivity (Wildman–Crippen MR) is 65.0 cm³/mol. The maximum Gasteiger partial charge on any atom is 0.151 e. The van der Waals surface area contributed by atoms with Crippen LogP contribution in [0.5, 0.6) is 0 Å². The zero-order valence-corrected chi connectivity index (χ0v) is 10.2. The molecule has 1 aromatic heterocycles. The van der Waals surface area contributed by atoms with E-state index < -0.39 is 0 Å². The Balaban J connectivity index is 1.86. The normalized spacial score (nSPS) is 17.4. The van der Waals surface area contributed by atoms with Gasteiger partial charge in [-0.1, -0.05) is 0 Å². The molecule has 1 saturated heterocycles. The first kappa shape index (κ1) is 12.3. The predicted octanol–water partition coefficient (Wildman–Crippen LogP) is 0.763. The van der Waals surface area contributed by atoms with Crippen LogP contribution in [0.3, 0.4) is 0 Å². The lowest BCUT2D eigenvalue weighted by Gasteiger charge is -2.32. The summed E-state index contributed by atoms with van der Waals surface area (Å²) in [5.41, 5.74) is 1.13. The minimum Gasteiger partial charge on any atom is -0.394 e. The molecule has 0 radical (unpaired) electrons. The Hall–Kier alpha value is -1.20. The standard InChI is InChI=1S/C12H19N3O2/c1-10-8-12(14-13-9-10)15-4-2-11(3-5-15)17-7-6-16/h8-9,11,16H,2-7H2,1H3. The summed E-state index contributed by atoms with van der Waals surface area (Å²) in [5.74, 6) is 0.950. The van der Waals surface area contributed by atoms with Gasteiger partial charge in [-0.2, -0.15) is 5.10 Å². The van der Waals surface area contributed by atoms with Crippen molar-refractivity contribution >= 4 is 5.82 Å². The molecule has 1 aliphatic rings. The topological polar surface area (TPSA) is 58.5 Å². The third-order valence-electron chi connectivity index (χ3n) is 2.99. The molecule has 1 aromatic rings. The fraction of sp³-hybridized carbons (Fsp3) is 0.667. The van der Waals surface area contributed by atoms with Gasteiger partial charge in [0.05, 0.1) is 25.5 Å². The number of anilines is 1. The summed E-state index contributed by atoms with van der Waals surface area (Å²) >= 11 is 0. The molecule has 0 aliphatic carbocycles. The SMILES string of the molecule is Cc1cnnc(N2CCC(OCCO)CC2)c1. The molecule has 0 unspecified atom stereocenters. The summed E-state index contributed by atoms with van der Waals surface area (Å²) < 4.78 is 5.53. The first-order chi connectivity index (χ1) is 8.29. The van der Waals surface area contributed by atoms with Crippen molar-refractivity contribution in [1.29, 1.82) is 0 Å². The number of hydrogen-bond acceptors (Lipinski definition) is 5. The van der Waals surface area contributed by atoms with Crippen molar-refractivity contribution < 1.29 is 9.84 Å². The zero-order valence-electron chi connectivity index (χ0n) is 10.2. The largest absolute Gasteiger partial charge is 0.394 e. The molecule has 0 spiro atoms. The third-order valence-corrected chi connectivity index (χ3v) is 2.99. The quantitative estimate of drug-likeness (QED) is 0.838. The lowest BCUT2D eigenvalue weighted by atomic mass is 10.1. The second-order valence-corrected chi connectivity index (χ2v) is 4.37. The number of aryl methyl sites for hydroxylation is 1. The van der Waals surface area contributed by atoms with Crippen LogP contribution in [0.2, 0.25) is 0 Å². The second kappa shape index (κ2) is 5.93. The van der Waals surface area contributed by atoms with Crippen LogP contribution < -0.4 is 4.90 Å². The van der Waals surface area contributed by atoms with Crippen LogP contribution >= 0.6 is 0 Å². The van der Waals surface area contributed by atoms with Crippen LogP contribution in [0.1, 0.15) is 18.4 Å². The Morgan fingerprint density at radius 3 is 2.88 bits per heavy atom. The molecule has 0 amide bonds. The molecule has 0 atom stereocenters. The molecule has 1 N–H and O–H groups in total. The molecule has 0 aromatic carbocycles. The molecule has 2 rings (SSSR count). The number of ether oxygens (including phenoxy) is 1. The van der Waals surface area contributed by atoms with Gasteiger partial charge in [0.2, 0.25) is 0 Å². The van der Waals surface area contributed by atoms with E-state index in [1.807, 2.05) is 6.92 Å². The van der Waals surface area contributed by atoms with Crippen molar-refractivity contribution in [1.82, 2.24) is 10.2 Å². The molecule has 1 fully saturated rings. The molecule has 1 aliphatic heterocycles. The first-order valence-electron chi connectivity index (χ1n) is 6.06. The van der Waals surface area contributed by atoms with E-state index in [9.17, 15) is 0 Å². The fourth-order valence-corrected chi connectivity index (χ4v) is 2.07. The van der Waals surface area contributed by atoms with Crippen LogP contribution in [0.25, 0.3) is 0 Å². The molecule has 94 valence electrons. The molecule has 2 heterocycles. The Morgan fingerprint density at radius 1 is 1.47 bits per heavy atom. The van der Waals surface area contributed by atoms with Crippen LogP contribution in [-0.2, 0) is 4.74 Å². The number of nitrogens with zero attached hydrogens (tertiary/aromatic N) is 3. The molecule has 5 heteroatoms. The van der Waals surface area contributed by atoms with E-state index in [1.54, 1.807) is 6.20 Å². The number of piperidine rings is 1. The van der Waals surface area contributed by atoms with Gasteiger partial charge < -0.3 is 14.7 Å². The Kier molecular flexibility index (Phi) is 4.28. The average Bonchev–Trinajstić information content (AvgIpc) is 2.37. The molecule has 5 nitrogen and oxygen atoms in total. The first-order valence-corrected chi connectivity index (χ1v) is 6.06. The van der Waals surface area contributed by atoms with Crippen molar-refractivity contribution in [2.45, 2.75) is 25.9 Å². The van der Waals surface area contributed by atoms with Gasteiger partial charge in [0.15, 0.2) is 5.82 Å². The molecular weight excluding hydrogens is 218 g/mol. The number of aliphatic hydroxyl groups excluding tert-OH is 1. The molecular formula is C12H19N3O2. The minimum absolute atomic E-state index is 0.101. The van der Waals surface area contributed by atoms with E-state index >= 15 is 0 Å². The van der Waals surface area contributed by atoms with E-state index in [-0.39, 0.29) is 12.7 Å². The summed E-state index contributed by atoms with van der Waals surface area (Å²) in [6.45, 7) is 4.44. The van der Waals surface area contributed by atoms with Crippen molar-refractivity contribution in [3.63, 3.8) is 0 Å². The number of aliphatic hydroxyl groups is 1. The highest BCUT2D eigenvalue weighted by Crippen LogP contribution is 2.19. The summed E-state index contributed by atoms with van der Waals surface area (Å²) in [6.07, 6.45) is 4.00. The number of hydrogen-bond donors (Lipinski definition) is 1. The number of aromatic nitrogens is 2. The summed E-state index contributed by atoms with van der Waals surface area (Å²) in [6, 6.07) is 2.06. The van der Waals surface area contributed by atoms with Gasteiger partial charge in [0, 0.05) is 13.1 Å². The van der Waals surface area contributed by atoms with Gasteiger partial charge in [-0.15, -0.1) is 5.10 Å². The van der Waals surface area contributed by atoms with E-state index in [0.29, 0.717) is 6.61 Å². The van der Waals surface area contributed by atoms with E-state index in [1.165, 1.54) is 0 Å².